The van der Waals surface area contributed by atoms with Crippen LogP contribution in [0.2, 0.25) is 0 Å². The number of hydrogen-bond acceptors (Lipinski definition) is 12. The van der Waals surface area contributed by atoms with Crippen molar-refractivity contribution >= 4 is 41.5 Å². The quantitative estimate of drug-likeness (QED) is 0.0604. The van der Waals surface area contributed by atoms with Gasteiger partial charge in [-0.05, 0) is 55.6 Å². The normalized spacial score (nSPS) is 17.1. The van der Waals surface area contributed by atoms with Crippen LogP contribution < -0.4 is 27.0 Å². The van der Waals surface area contributed by atoms with Crippen molar-refractivity contribution in [3.05, 3.63) is 71.3 Å². The lowest BCUT2D eigenvalue weighted by Gasteiger charge is -2.19. The fraction of sp³-hybridized carbons (Fsp3) is 0.575. The van der Waals surface area contributed by atoms with Crippen LogP contribution in [0.25, 0.3) is 0 Å². The molecular formula is C40H54F3N7O9S. The van der Waals surface area contributed by atoms with Gasteiger partial charge < -0.3 is 45.9 Å². The molecule has 0 aliphatic carbocycles. The summed E-state index contributed by atoms with van der Waals surface area (Å²) in [5.74, 6) is -1.18. The lowest BCUT2D eigenvalue weighted by atomic mass is 10.0. The molecule has 330 valence electrons. The predicted octanol–water partition coefficient (Wildman–Crippen LogP) is 4.26. The molecule has 5 amide bonds. The third-order valence-corrected chi connectivity index (χ3v) is 10.9. The number of rotatable bonds is 28. The van der Waals surface area contributed by atoms with Gasteiger partial charge in [-0.25, -0.2) is 4.79 Å². The van der Waals surface area contributed by atoms with Crippen LogP contribution in [0.1, 0.15) is 72.9 Å². The Kier molecular flexibility index (Phi) is 20.0. The summed E-state index contributed by atoms with van der Waals surface area (Å²) in [5, 5.41) is 17.5. The first-order chi connectivity index (χ1) is 28.9. The summed E-state index contributed by atoms with van der Waals surface area (Å²) < 4.78 is 62.1. The number of carbonyl (C=O) groups is 5. The van der Waals surface area contributed by atoms with Crippen LogP contribution in [-0.4, -0.2) is 112 Å². The Labute approximate surface area is 351 Å². The highest BCUT2D eigenvalue weighted by molar-refractivity contribution is 8.00. The smallest absolute Gasteiger partial charge is 0.442 e. The van der Waals surface area contributed by atoms with E-state index in [0.717, 1.165) is 61.3 Å². The van der Waals surface area contributed by atoms with Crippen molar-refractivity contribution < 1.29 is 56.1 Å². The molecule has 2 heterocycles. The van der Waals surface area contributed by atoms with Gasteiger partial charge in [-0.2, -0.15) is 24.9 Å². The first-order valence-corrected chi connectivity index (χ1v) is 21.0. The lowest BCUT2D eigenvalue weighted by Crippen LogP contribution is -2.48. The number of alkyl halides is 3. The van der Waals surface area contributed by atoms with Crippen molar-refractivity contribution in [3.8, 4) is 0 Å². The van der Waals surface area contributed by atoms with Gasteiger partial charge in [-0.15, -0.1) is 10.2 Å². The molecule has 60 heavy (non-hydrogen) atoms. The van der Waals surface area contributed by atoms with Gasteiger partial charge >= 0.3 is 23.8 Å². The fourth-order valence-electron chi connectivity index (χ4n) is 6.16. The van der Waals surface area contributed by atoms with Crippen LogP contribution >= 0.6 is 11.8 Å². The van der Waals surface area contributed by atoms with Gasteiger partial charge in [0.05, 0.1) is 32.8 Å². The summed E-state index contributed by atoms with van der Waals surface area (Å²) in [6.07, 6.45) is -0.117. The average Bonchev–Trinajstić information content (AvgIpc) is 3.95. The SMILES string of the molecule is NC(=O)N[C@H]1CCS[C@H]1CCCCC(=O)NCCCOCCOCCOCCCNC(=O)[C@@H](CC(=O)OCc1ccccc1)NC(=O)c1ccc(C2(C(F)(F)F)N=N2)cc1. The van der Waals surface area contributed by atoms with Crippen LogP contribution in [0.3, 0.4) is 0 Å². The number of unbranched alkanes of at least 4 members (excludes halogenated alkanes) is 1. The van der Waals surface area contributed by atoms with Crippen LogP contribution in [-0.2, 0) is 45.6 Å². The van der Waals surface area contributed by atoms with Crippen molar-refractivity contribution in [3.63, 3.8) is 0 Å². The Morgan fingerprint density at radius 2 is 1.47 bits per heavy atom. The number of halogens is 3. The second-order valence-corrected chi connectivity index (χ2v) is 15.4. The van der Waals surface area contributed by atoms with Gasteiger partial charge in [-0.3, -0.25) is 19.2 Å². The van der Waals surface area contributed by atoms with Crippen molar-refractivity contribution in [2.24, 2.45) is 16.0 Å². The number of hydrogen-bond donors (Lipinski definition) is 5. The molecule has 4 rings (SSSR count). The van der Waals surface area contributed by atoms with Gasteiger partial charge in [0.2, 0.25) is 11.8 Å². The van der Waals surface area contributed by atoms with E-state index in [1.165, 1.54) is 0 Å². The number of benzene rings is 2. The Morgan fingerprint density at radius 3 is 2.08 bits per heavy atom. The zero-order valence-electron chi connectivity index (χ0n) is 33.3. The van der Waals surface area contributed by atoms with E-state index in [1.807, 2.05) is 11.8 Å². The molecule has 2 aliphatic rings. The van der Waals surface area contributed by atoms with Crippen LogP contribution in [0.5, 0.6) is 0 Å². The average molecular weight is 866 g/mol. The summed E-state index contributed by atoms with van der Waals surface area (Å²) in [6.45, 7) is 2.80. The van der Waals surface area contributed by atoms with E-state index >= 15 is 0 Å². The summed E-state index contributed by atoms with van der Waals surface area (Å²) in [5.41, 5.74) is 3.04. The molecule has 0 aromatic heterocycles. The van der Waals surface area contributed by atoms with E-state index in [-0.39, 0.29) is 36.2 Å². The largest absolute Gasteiger partial charge is 0.461 e. The van der Waals surface area contributed by atoms with Gasteiger partial charge in [0.1, 0.15) is 12.6 Å². The maximum atomic E-state index is 13.4. The van der Waals surface area contributed by atoms with E-state index < -0.39 is 48.1 Å². The van der Waals surface area contributed by atoms with Crippen molar-refractivity contribution in [2.45, 2.75) is 87.1 Å². The number of ether oxygens (including phenoxy) is 4. The van der Waals surface area contributed by atoms with Gasteiger partial charge in [0, 0.05) is 55.1 Å². The summed E-state index contributed by atoms with van der Waals surface area (Å²) >= 11 is 1.84. The molecule has 3 atom stereocenters. The fourth-order valence-corrected chi connectivity index (χ4v) is 7.63. The molecule has 1 saturated heterocycles. The Bertz CT molecular complexity index is 1700. The van der Waals surface area contributed by atoms with Crippen LogP contribution in [0, 0.1) is 0 Å². The zero-order chi connectivity index (χ0) is 43.2. The molecule has 1 fully saturated rings. The number of nitrogens with zero attached hydrogens (tertiary/aromatic N) is 2. The molecule has 2 aliphatic heterocycles. The van der Waals surface area contributed by atoms with Gasteiger partial charge in [0.15, 0.2) is 0 Å². The maximum Gasteiger partial charge on any atom is 0.442 e. The molecule has 0 spiro atoms. The Hall–Kier alpha value is -4.79. The highest BCUT2D eigenvalue weighted by Gasteiger charge is 2.65. The van der Waals surface area contributed by atoms with Crippen LogP contribution in [0.4, 0.5) is 18.0 Å². The molecule has 20 heteroatoms. The molecule has 16 nitrogen and oxygen atoms in total. The number of thioether (sulfide) groups is 1. The van der Waals surface area contributed by atoms with E-state index in [1.54, 1.807) is 30.3 Å². The Balaban J connectivity index is 1.03. The topological polar surface area (TPSA) is 221 Å². The van der Waals surface area contributed by atoms with E-state index in [2.05, 4.69) is 31.5 Å². The number of nitrogens with one attached hydrogen (secondary N) is 4. The van der Waals surface area contributed by atoms with Crippen LogP contribution in [0.15, 0.2) is 64.8 Å². The first kappa shape index (κ1) is 47.9. The summed E-state index contributed by atoms with van der Waals surface area (Å²) in [6, 6.07) is 11.7. The molecule has 0 radical (unpaired) electrons. The van der Waals surface area contributed by atoms with Crippen molar-refractivity contribution in [1.82, 2.24) is 21.3 Å². The van der Waals surface area contributed by atoms with Gasteiger partial charge in [-0.1, -0.05) is 48.9 Å². The predicted molar refractivity (Wildman–Crippen MR) is 215 cm³/mol. The minimum atomic E-state index is -4.73. The Morgan fingerprint density at radius 1 is 0.833 bits per heavy atom. The van der Waals surface area contributed by atoms with E-state index in [0.29, 0.717) is 70.7 Å². The molecule has 6 N–H and O–H groups in total. The lowest BCUT2D eigenvalue weighted by molar-refractivity contribution is -0.166. The highest BCUT2D eigenvalue weighted by atomic mass is 32.2. The molecule has 0 saturated carbocycles. The minimum Gasteiger partial charge on any atom is -0.461 e. The highest BCUT2D eigenvalue weighted by Crippen LogP contribution is 2.52. The molecular weight excluding hydrogens is 812 g/mol. The number of urea groups is 1. The standard InChI is InChI=1S/C40H54F3N7O9S/c41-40(42,43)39(49-50-39)30-14-12-29(13-15-30)36(53)47-32(26-35(52)59-27-28-8-2-1-3-9-28)37(54)46-18-7-20-57-22-24-58-23-21-56-19-6-17-45-34(51)11-5-4-10-33-31(16-25-60-33)48-38(44)55/h1-3,8-9,12-15,31-33H,4-7,10-11,16-27H2,(H,45,51)(H,46,54)(H,47,53)(H3,44,48,55)/t31-,32+,33-/m0/s1. The number of primary amides is 1. The van der Waals surface area contributed by atoms with E-state index in [9.17, 15) is 37.1 Å². The maximum absolute atomic E-state index is 13.4. The van der Waals surface area contributed by atoms with Crippen molar-refractivity contribution in [2.75, 3.05) is 58.5 Å². The second-order valence-electron chi connectivity index (χ2n) is 14.1. The monoisotopic (exact) mass is 865 g/mol. The number of amides is 5. The molecule has 2 aromatic carbocycles. The summed E-state index contributed by atoms with van der Waals surface area (Å²) in [4.78, 5) is 62.1. The summed E-state index contributed by atoms with van der Waals surface area (Å²) in [7, 11) is 0. The molecule has 0 bridgehead atoms. The number of carbonyl (C=O) groups excluding carboxylic acids is 5. The third-order valence-electron chi connectivity index (χ3n) is 9.46. The number of nitrogens with two attached hydrogens (primary N) is 1. The zero-order valence-corrected chi connectivity index (χ0v) is 34.2. The van der Waals surface area contributed by atoms with Gasteiger partial charge in [0.25, 0.3) is 5.91 Å². The second kappa shape index (κ2) is 25.1. The third kappa shape index (κ3) is 16.7. The van der Waals surface area contributed by atoms with Crippen molar-refractivity contribution in [1.29, 1.82) is 0 Å². The number of esters is 1. The minimum absolute atomic E-state index is 0.00877. The molecule has 2 aromatic rings. The molecule has 0 unspecified atom stereocenters. The van der Waals surface area contributed by atoms with E-state index in [4.69, 9.17) is 24.7 Å². The first-order valence-electron chi connectivity index (χ1n) is 19.9.